The predicted octanol–water partition coefficient (Wildman–Crippen LogP) is 1.89. The maximum atomic E-state index is 5.59. The lowest BCUT2D eigenvalue weighted by Gasteiger charge is -2.25. The average Bonchev–Trinajstić information content (AvgIpc) is 2.34. The lowest BCUT2D eigenvalue weighted by Crippen LogP contribution is -2.40. The van der Waals surface area contributed by atoms with Crippen molar-refractivity contribution in [2.24, 2.45) is 0 Å². The Morgan fingerprint density at radius 3 is 2.38 bits per heavy atom. The highest BCUT2D eigenvalue weighted by Gasteiger charge is 2.08. The summed E-state index contributed by atoms with van der Waals surface area (Å²) in [6.45, 7) is 9.76. The molecule has 0 aliphatic carbocycles. The Bertz CT molecular complexity index is 147. The molecule has 1 aliphatic rings. The SMILES string of the molecule is CCCCCOCCCCN1CC[N]CC1. The van der Waals surface area contributed by atoms with Crippen LogP contribution in [0.15, 0.2) is 0 Å². The zero-order valence-electron chi connectivity index (χ0n) is 10.8. The number of rotatable bonds is 9. The molecule has 3 nitrogen and oxygen atoms in total. The Balaban J connectivity index is 1.77. The summed E-state index contributed by atoms with van der Waals surface area (Å²) in [6.07, 6.45) is 6.29. The minimum absolute atomic E-state index is 0.946. The Morgan fingerprint density at radius 1 is 1.00 bits per heavy atom. The largest absolute Gasteiger partial charge is 0.381 e. The molecule has 3 heteroatoms. The second-order valence-electron chi connectivity index (χ2n) is 4.54. The zero-order chi connectivity index (χ0) is 11.5. The minimum atomic E-state index is 0.946. The highest BCUT2D eigenvalue weighted by atomic mass is 16.5. The first kappa shape index (κ1) is 13.9. The van der Waals surface area contributed by atoms with E-state index in [0.717, 1.165) is 39.4 Å². The van der Waals surface area contributed by atoms with E-state index in [9.17, 15) is 0 Å². The third-order valence-corrected chi connectivity index (χ3v) is 3.05. The topological polar surface area (TPSA) is 26.6 Å². The van der Waals surface area contributed by atoms with Crippen molar-refractivity contribution in [3.63, 3.8) is 0 Å². The van der Waals surface area contributed by atoms with Crippen LogP contribution in [0.1, 0.15) is 39.0 Å². The molecule has 1 rings (SSSR count). The van der Waals surface area contributed by atoms with Gasteiger partial charge < -0.3 is 9.64 Å². The molecule has 0 aromatic heterocycles. The smallest absolute Gasteiger partial charge is 0.0466 e. The molecule has 0 unspecified atom stereocenters. The van der Waals surface area contributed by atoms with E-state index in [1.807, 2.05) is 0 Å². The van der Waals surface area contributed by atoms with Crippen LogP contribution in [-0.4, -0.2) is 50.8 Å². The average molecular weight is 227 g/mol. The van der Waals surface area contributed by atoms with Gasteiger partial charge in [0.2, 0.25) is 0 Å². The van der Waals surface area contributed by atoms with Crippen LogP contribution in [-0.2, 0) is 4.74 Å². The van der Waals surface area contributed by atoms with E-state index in [1.165, 1.54) is 38.6 Å². The van der Waals surface area contributed by atoms with Gasteiger partial charge in [-0.1, -0.05) is 19.8 Å². The fourth-order valence-corrected chi connectivity index (χ4v) is 1.97. The fourth-order valence-electron chi connectivity index (χ4n) is 1.97. The van der Waals surface area contributed by atoms with Gasteiger partial charge in [-0.2, -0.15) is 0 Å². The Labute approximate surface area is 101 Å². The molecule has 16 heavy (non-hydrogen) atoms. The van der Waals surface area contributed by atoms with Gasteiger partial charge in [-0.25, -0.2) is 5.32 Å². The molecular formula is C13H27N2O. The maximum absolute atomic E-state index is 5.59. The molecule has 1 radical (unpaired) electrons. The van der Waals surface area contributed by atoms with Crippen LogP contribution in [0.5, 0.6) is 0 Å². The number of ether oxygens (including phenoxy) is 1. The molecule has 1 heterocycles. The van der Waals surface area contributed by atoms with Gasteiger partial charge in [0.05, 0.1) is 0 Å². The van der Waals surface area contributed by atoms with Gasteiger partial charge in [-0.15, -0.1) is 0 Å². The molecule has 0 atom stereocenters. The van der Waals surface area contributed by atoms with Crippen LogP contribution >= 0.6 is 0 Å². The number of unbranched alkanes of at least 4 members (excludes halogenated alkanes) is 3. The second-order valence-corrected chi connectivity index (χ2v) is 4.54. The summed E-state index contributed by atoms with van der Waals surface area (Å²) in [5, 5.41) is 4.35. The molecule has 0 N–H and O–H groups in total. The third-order valence-electron chi connectivity index (χ3n) is 3.05. The van der Waals surface area contributed by atoms with E-state index < -0.39 is 0 Å². The molecule has 0 aromatic carbocycles. The van der Waals surface area contributed by atoms with Gasteiger partial charge in [0.1, 0.15) is 0 Å². The number of piperazine rings is 1. The number of nitrogens with zero attached hydrogens (tertiary/aromatic N) is 2. The minimum Gasteiger partial charge on any atom is -0.381 e. The monoisotopic (exact) mass is 227 g/mol. The lowest BCUT2D eigenvalue weighted by molar-refractivity contribution is 0.122. The Hall–Kier alpha value is -0.120. The van der Waals surface area contributed by atoms with Gasteiger partial charge >= 0.3 is 0 Å². The lowest BCUT2D eigenvalue weighted by atomic mass is 10.2. The molecule has 95 valence electrons. The van der Waals surface area contributed by atoms with Gasteiger partial charge in [-0.3, -0.25) is 0 Å². The quantitative estimate of drug-likeness (QED) is 0.562. The van der Waals surface area contributed by atoms with Crippen molar-refractivity contribution in [2.45, 2.75) is 39.0 Å². The standard InChI is InChI=1S/C13H27N2O/c1-2-3-5-12-16-13-6-4-9-15-10-7-14-8-11-15/h2-13H2,1H3. The first-order chi connectivity index (χ1) is 7.93. The zero-order valence-corrected chi connectivity index (χ0v) is 10.8. The van der Waals surface area contributed by atoms with Gasteiger partial charge in [-0.05, 0) is 25.8 Å². The van der Waals surface area contributed by atoms with E-state index in [2.05, 4.69) is 17.1 Å². The van der Waals surface area contributed by atoms with Crippen molar-refractivity contribution in [3.05, 3.63) is 0 Å². The van der Waals surface area contributed by atoms with Crippen LogP contribution < -0.4 is 5.32 Å². The van der Waals surface area contributed by atoms with E-state index in [4.69, 9.17) is 4.74 Å². The van der Waals surface area contributed by atoms with E-state index >= 15 is 0 Å². The first-order valence-electron chi connectivity index (χ1n) is 6.87. The summed E-state index contributed by atoms with van der Waals surface area (Å²) in [5.74, 6) is 0. The van der Waals surface area contributed by atoms with Crippen molar-refractivity contribution in [1.29, 1.82) is 0 Å². The van der Waals surface area contributed by atoms with E-state index in [1.54, 1.807) is 0 Å². The van der Waals surface area contributed by atoms with Crippen molar-refractivity contribution in [2.75, 3.05) is 45.9 Å². The van der Waals surface area contributed by atoms with Gasteiger partial charge in [0.25, 0.3) is 0 Å². The van der Waals surface area contributed by atoms with Crippen molar-refractivity contribution < 1.29 is 4.74 Å². The van der Waals surface area contributed by atoms with Crippen molar-refractivity contribution >= 4 is 0 Å². The summed E-state index contributed by atoms with van der Waals surface area (Å²) >= 11 is 0. The molecule has 1 saturated heterocycles. The predicted molar refractivity (Wildman–Crippen MR) is 67.9 cm³/mol. The second kappa shape index (κ2) is 10.1. The van der Waals surface area contributed by atoms with Crippen LogP contribution in [0.4, 0.5) is 0 Å². The molecule has 0 saturated carbocycles. The van der Waals surface area contributed by atoms with Crippen molar-refractivity contribution in [3.8, 4) is 0 Å². The molecule has 0 aromatic rings. The summed E-state index contributed by atoms with van der Waals surface area (Å²) in [7, 11) is 0. The highest BCUT2D eigenvalue weighted by molar-refractivity contribution is 4.66. The summed E-state index contributed by atoms with van der Waals surface area (Å²) < 4.78 is 5.59. The Morgan fingerprint density at radius 2 is 1.69 bits per heavy atom. The summed E-state index contributed by atoms with van der Waals surface area (Å²) in [6, 6.07) is 0. The normalized spacial score (nSPS) is 17.8. The van der Waals surface area contributed by atoms with Gasteiger partial charge in [0.15, 0.2) is 0 Å². The van der Waals surface area contributed by atoms with Crippen LogP contribution in [0.25, 0.3) is 0 Å². The van der Waals surface area contributed by atoms with E-state index in [-0.39, 0.29) is 0 Å². The summed E-state index contributed by atoms with van der Waals surface area (Å²) in [4.78, 5) is 2.52. The fraction of sp³-hybridized carbons (Fsp3) is 1.00. The van der Waals surface area contributed by atoms with E-state index in [0.29, 0.717) is 0 Å². The van der Waals surface area contributed by atoms with Crippen LogP contribution in [0, 0.1) is 0 Å². The Kier molecular flexibility index (Phi) is 8.77. The van der Waals surface area contributed by atoms with Crippen LogP contribution in [0.3, 0.4) is 0 Å². The maximum Gasteiger partial charge on any atom is 0.0466 e. The molecule has 1 aliphatic heterocycles. The van der Waals surface area contributed by atoms with Gasteiger partial charge in [0, 0.05) is 39.4 Å². The molecule has 0 amide bonds. The third kappa shape index (κ3) is 7.20. The molecule has 0 bridgehead atoms. The first-order valence-corrected chi connectivity index (χ1v) is 6.87. The number of hydrogen-bond acceptors (Lipinski definition) is 2. The highest BCUT2D eigenvalue weighted by Crippen LogP contribution is 1.99. The molecule has 0 spiro atoms. The van der Waals surface area contributed by atoms with Crippen LogP contribution in [0.2, 0.25) is 0 Å². The molecular weight excluding hydrogens is 200 g/mol. The van der Waals surface area contributed by atoms with Crippen molar-refractivity contribution in [1.82, 2.24) is 10.2 Å². The number of hydrogen-bond donors (Lipinski definition) is 0. The molecule has 1 fully saturated rings. The summed E-state index contributed by atoms with van der Waals surface area (Å²) in [5.41, 5.74) is 0.